The van der Waals surface area contributed by atoms with Gasteiger partial charge in [0.15, 0.2) is 5.13 Å². The second-order valence-electron chi connectivity index (χ2n) is 3.44. The third-order valence-corrected chi connectivity index (χ3v) is 2.98. The molecule has 0 aliphatic rings. The number of nitrogens with one attached hydrogen (secondary N) is 2. The molecule has 92 valence electrons. The largest absolute Gasteiger partial charge is 0.354 e. The molecule has 5 nitrogen and oxygen atoms in total. The maximum Gasteiger partial charge on any atom is 0.270 e. The molecule has 0 unspecified atom stereocenters. The fourth-order valence-corrected chi connectivity index (χ4v) is 2.01. The summed E-state index contributed by atoms with van der Waals surface area (Å²) in [4.78, 5) is 27.1. The third kappa shape index (κ3) is 2.72. The topological polar surface area (TPSA) is 71.1 Å². The van der Waals surface area contributed by atoms with Crippen LogP contribution in [0.4, 0.5) is 5.13 Å². The zero-order valence-electron chi connectivity index (χ0n) is 9.64. The zero-order chi connectivity index (χ0) is 13.0. The molecule has 6 heteroatoms. The standard InChI is InChI=1S/C12H11N3O2S/c1-13-11(17)9-7-18-12(14-9)15-10(16)8-5-3-2-4-6-8/h2-7H,1H3,(H,13,17)(H,14,15,16). The van der Waals surface area contributed by atoms with Gasteiger partial charge in [0, 0.05) is 18.0 Å². The summed E-state index contributed by atoms with van der Waals surface area (Å²) >= 11 is 1.21. The molecule has 2 rings (SSSR count). The van der Waals surface area contributed by atoms with Crippen molar-refractivity contribution in [1.29, 1.82) is 0 Å². The van der Waals surface area contributed by atoms with Crippen LogP contribution in [0.5, 0.6) is 0 Å². The highest BCUT2D eigenvalue weighted by molar-refractivity contribution is 7.14. The fourth-order valence-electron chi connectivity index (χ4n) is 1.32. The monoisotopic (exact) mass is 261 g/mol. The molecular weight excluding hydrogens is 250 g/mol. The minimum atomic E-state index is -0.272. The first kappa shape index (κ1) is 12.3. The Morgan fingerprint density at radius 2 is 1.89 bits per heavy atom. The van der Waals surface area contributed by atoms with Crippen LogP contribution >= 0.6 is 11.3 Å². The van der Waals surface area contributed by atoms with Crippen LogP contribution in [0.3, 0.4) is 0 Å². The van der Waals surface area contributed by atoms with Crippen molar-refractivity contribution in [2.75, 3.05) is 12.4 Å². The van der Waals surface area contributed by atoms with Gasteiger partial charge in [-0.25, -0.2) is 4.98 Å². The van der Waals surface area contributed by atoms with E-state index in [9.17, 15) is 9.59 Å². The minimum absolute atomic E-state index is 0.242. The van der Waals surface area contributed by atoms with Gasteiger partial charge in [0.05, 0.1) is 0 Å². The van der Waals surface area contributed by atoms with Crippen LogP contribution in [-0.4, -0.2) is 23.8 Å². The Morgan fingerprint density at radius 3 is 2.56 bits per heavy atom. The molecular formula is C12H11N3O2S. The molecule has 1 aromatic heterocycles. The lowest BCUT2D eigenvalue weighted by Gasteiger charge is -2.00. The predicted molar refractivity (Wildman–Crippen MR) is 69.9 cm³/mol. The summed E-state index contributed by atoms with van der Waals surface area (Å²) in [5, 5.41) is 7.12. The number of carbonyl (C=O) groups excluding carboxylic acids is 2. The second kappa shape index (κ2) is 5.42. The number of anilines is 1. The number of benzene rings is 1. The van der Waals surface area contributed by atoms with E-state index in [-0.39, 0.29) is 11.8 Å². The summed E-state index contributed by atoms with van der Waals surface area (Å²) in [6, 6.07) is 8.83. The molecule has 2 N–H and O–H groups in total. The molecule has 0 radical (unpaired) electrons. The van der Waals surface area contributed by atoms with Gasteiger partial charge in [-0.05, 0) is 12.1 Å². The van der Waals surface area contributed by atoms with E-state index in [0.29, 0.717) is 16.4 Å². The summed E-state index contributed by atoms with van der Waals surface area (Å²) in [6.07, 6.45) is 0. The highest BCUT2D eigenvalue weighted by atomic mass is 32.1. The van der Waals surface area contributed by atoms with Crippen molar-refractivity contribution in [3.8, 4) is 0 Å². The van der Waals surface area contributed by atoms with E-state index in [1.54, 1.807) is 29.6 Å². The van der Waals surface area contributed by atoms with Gasteiger partial charge < -0.3 is 5.32 Å². The van der Waals surface area contributed by atoms with E-state index < -0.39 is 0 Å². The van der Waals surface area contributed by atoms with Gasteiger partial charge in [-0.1, -0.05) is 18.2 Å². The molecule has 0 saturated heterocycles. The van der Waals surface area contributed by atoms with Crippen LogP contribution in [0.2, 0.25) is 0 Å². The molecule has 0 aliphatic carbocycles. The Morgan fingerprint density at radius 1 is 1.17 bits per heavy atom. The SMILES string of the molecule is CNC(=O)c1csc(NC(=O)c2ccccc2)n1. The Labute approximate surface area is 108 Å². The number of carbonyl (C=O) groups is 2. The number of thiazole rings is 1. The van der Waals surface area contributed by atoms with Crippen LogP contribution in [0.25, 0.3) is 0 Å². The second-order valence-corrected chi connectivity index (χ2v) is 4.30. The van der Waals surface area contributed by atoms with Crippen LogP contribution in [0, 0.1) is 0 Å². The fraction of sp³-hybridized carbons (Fsp3) is 0.0833. The molecule has 1 heterocycles. The van der Waals surface area contributed by atoms with Crippen molar-refractivity contribution in [3.63, 3.8) is 0 Å². The van der Waals surface area contributed by atoms with Crippen molar-refractivity contribution < 1.29 is 9.59 Å². The van der Waals surface area contributed by atoms with Crippen molar-refractivity contribution in [3.05, 3.63) is 47.0 Å². The quantitative estimate of drug-likeness (QED) is 0.884. The van der Waals surface area contributed by atoms with Crippen LogP contribution in [0.1, 0.15) is 20.8 Å². The average molecular weight is 261 g/mol. The molecule has 1 aromatic carbocycles. The molecule has 2 amide bonds. The number of nitrogens with zero attached hydrogens (tertiary/aromatic N) is 1. The average Bonchev–Trinajstić information content (AvgIpc) is 2.87. The lowest BCUT2D eigenvalue weighted by Crippen LogP contribution is -2.18. The summed E-state index contributed by atoms with van der Waals surface area (Å²) in [5.41, 5.74) is 0.847. The van der Waals surface area contributed by atoms with Crippen molar-refractivity contribution in [1.82, 2.24) is 10.3 Å². The first-order chi connectivity index (χ1) is 8.70. The van der Waals surface area contributed by atoms with Crippen molar-refractivity contribution in [2.45, 2.75) is 0 Å². The van der Waals surface area contributed by atoms with E-state index in [1.165, 1.54) is 18.4 Å². The highest BCUT2D eigenvalue weighted by Crippen LogP contribution is 2.16. The Hall–Kier alpha value is -2.21. The first-order valence-corrected chi connectivity index (χ1v) is 6.12. The first-order valence-electron chi connectivity index (χ1n) is 5.24. The Bertz CT molecular complexity index is 566. The lowest BCUT2D eigenvalue weighted by atomic mass is 10.2. The Balaban J connectivity index is 2.08. The maximum absolute atomic E-state index is 11.8. The summed E-state index contributed by atoms with van der Waals surface area (Å²) < 4.78 is 0. The van der Waals surface area contributed by atoms with E-state index in [0.717, 1.165) is 0 Å². The van der Waals surface area contributed by atoms with Gasteiger partial charge in [-0.3, -0.25) is 14.9 Å². The van der Waals surface area contributed by atoms with Crippen LogP contribution < -0.4 is 10.6 Å². The summed E-state index contributed by atoms with van der Waals surface area (Å²) in [5.74, 6) is -0.514. The van der Waals surface area contributed by atoms with Gasteiger partial charge in [-0.2, -0.15) is 0 Å². The molecule has 0 atom stereocenters. The van der Waals surface area contributed by atoms with E-state index >= 15 is 0 Å². The van der Waals surface area contributed by atoms with Gasteiger partial charge >= 0.3 is 0 Å². The maximum atomic E-state index is 11.8. The van der Waals surface area contributed by atoms with Crippen molar-refractivity contribution in [2.24, 2.45) is 0 Å². The summed E-state index contributed by atoms with van der Waals surface area (Å²) in [7, 11) is 1.53. The predicted octanol–water partition coefficient (Wildman–Crippen LogP) is 1.75. The number of hydrogen-bond donors (Lipinski definition) is 2. The third-order valence-electron chi connectivity index (χ3n) is 2.22. The minimum Gasteiger partial charge on any atom is -0.354 e. The highest BCUT2D eigenvalue weighted by Gasteiger charge is 2.11. The molecule has 0 saturated carbocycles. The molecule has 18 heavy (non-hydrogen) atoms. The number of amides is 2. The van der Waals surface area contributed by atoms with Crippen LogP contribution in [-0.2, 0) is 0 Å². The molecule has 0 spiro atoms. The van der Waals surface area contributed by atoms with E-state index in [2.05, 4.69) is 15.6 Å². The van der Waals surface area contributed by atoms with Gasteiger partial charge in [0.2, 0.25) is 0 Å². The van der Waals surface area contributed by atoms with Gasteiger partial charge in [-0.15, -0.1) is 11.3 Å². The zero-order valence-corrected chi connectivity index (χ0v) is 10.5. The molecule has 0 fully saturated rings. The summed E-state index contributed by atoms with van der Waals surface area (Å²) in [6.45, 7) is 0. The normalized spacial score (nSPS) is 9.83. The smallest absolute Gasteiger partial charge is 0.270 e. The number of aromatic nitrogens is 1. The van der Waals surface area contributed by atoms with Gasteiger partial charge in [0.1, 0.15) is 5.69 Å². The van der Waals surface area contributed by atoms with E-state index in [4.69, 9.17) is 0 Å². The van der Waals surface area contributed by atoms with Crippen LogP contribution in [0.15, 0.2) is 35.7 Å². The van der Waals surface area contributed by atoms with Gasteiger partial charge in [0.25, 0.3) is 11.8 Å². The lowest BCUT2D eigenvalue weighted by molar-refractivity contribution is 0.0957. The van der Waals surface area contributed by atoms with E-state index in [1.807, 2.05) is 6.07 Å². The molecule has 0 aliphatic heterocycles. The number of rotatable bonds is 3. The van der Waals surface area contributed by atoms with Crippen molar-refractivity contribution >= 4 is 28.3 Å². The molecule has 0 bridgehead atoms. The molecule has 2 aromatic rings. The number of hydrogen-bond acceptors (Lipinski definition) is 4. The Kier molecular flexibility index (Phi) is 3.69.